The third-order valence-corrected chi connectivity index (χ3v) is 5.69. The first-order valence-corrected chi connectivity index (χ1v) is 10.1. The summed E-state index contributed by atoms with van der Waals surface area (Å²) in [5.41, 5.74) is 1.48. The van der Waals surface area contributed by atoms with Crippen LogP contribution in [-0.4, -0.2) is 36.0 Å². The van der Waals surface area contributed by atoms with E-state index in [9.17, 15) is 0 Å². The smallest absolute Gasteiger partial charge is 0.191 e. The van der Waals surface area contributed by atoms with Gasteiger partial charge in [-0.3, -0.25) is 0 Å². The molecular weight excluding hydrogens is 368 g/mol. The Morgan fingerprint density at radius 2 is 1.48 bits per heavy atom. The van der Waals surface area contributed by atoms with Gasteiger partial charge in [-0.25, -0.2) is 0 Å². The zero-order valence-corrected chi connectivity index (χ0v) is 16.7. The summed E-state index contributed by atoms with van der Waals surface area (Å²) in [6.07, 6.45) is 2.72. The predicted octanol–water partition coefficient (Wildman–Crippen LogP) is 3.97. The number of rotatable bonds is 6. The van der Waals surface area contributed by atoms with Gasteiger partial charge in [-0.2, -0.15) is 0 Å². The van der Waals surface area contributed by atoms with Gasteiger partial charge in [-0.05, 0) is 31.1 Å². The second-order valence-corrected chi connectivity index (χ2v) is 8.23. The van der Waals surface area contributed by atoms with E-state index >= 15 is 0 Å². The number of hydrogen-bond acceptors (Lipinski definition) is 5. The van der Waals surface area contributed by atoms with Crippen molar-refractivity contribution in [3.63, 3.8) is 0 Å². The molecule has 0 bridgehead atoms. The first-order valence-electron chi connectivity index (χ1n) is 10.1. The van der Waals surface area contributed by atoms with Gasteiger partial charge in [0.2, 0.25) is 0 Å². The zero-order chi connectivity index (χ0) is 19.9. The van der Waals surface area contributed by atoms with Gasteiger partial charge in [-0.15, -0.1) is 0 Å². The highest BCUT2D eigenvalue weighted by Gasteiger charge is 2.67. The van der Waals surface area contributed by atoms with Crippen molar-refractivity contribution in [3.05, 3.63) is 83.9 Å². The van der Waals surface area contributed by atoms with Crippen molar-refractivity contribution in [3.8, 4) is 0 Å². The van der Waals surface area contributed by atoms with Crippen molar-refractivity contribution in [2.24, 2.45) is 0 Å². The summed E-state index contributed by atoms with van der Waals surface area (Å²) in [7, 11) is 0. The molecule has 0 N–H and O–H groups in total. The molecule has 1 aliphatic carbocycles. The molecule has 0 unspecified atom stereocenters. The van der Waals surface area contributed by atoms with Gasteiger partial charge in [0.05, 0.1) is 13.2 Å². The monoisotopic (exact) mass is 394 g/mol. The lowest BCUT2D eigenvalue weighted by Crippen LogP contribution is -2.50. The molecule has 2 heterocycles. The van der Waals surface area contributed by atoms with Crippen molar-refractivity contribution in [2.45, 2.75) is 63.1 Å². The molecule has 29 heavy (non-hydrogen) atoms. The topological polar surface area (TPSA) is 46.2 Å². The Morgan fingerprint density at radius 3 is 2.17 bits per heavy atom. The van der Waals surface area contributed by atoms with E-state index in [1.54, 1.807) is 0 Å². The largest absolute Gasteiger partial charge is 0.367 e. The second kappa shape index (κ2) is 7.35. The fraction of sp³-hybridized carbons (Fsp3) is 0.417. The second-order valence-electron chi connectivity index (χ2n) is 8.23. The van der Waals surface area contributed by atoms with Crippen LogP contribution < -0.4 is 0 Å². The fourth-order valence-corrected chi connectivity index (χ4v) is 4.32. The Kier molecular flexibility index (Phi) is 4.81. The van der Waals surface area contributed by atoms with Gasteiger partial charge >= 0.3 is 0 Å². The lowest BCUT2D eigenvalue weighted by atomic mass is 9.94. The Bertz CT molecular complexity index is 865. The van der Waals surface area contributed by atoms with E-state index in [2.05, 4.69) is 24.3 Å². The van der Waals surface area contributed by atoms with Gasteiger partial charge in [0, 0.05) is 0 Å². The summed E-state index contributed by atoms with van der Waals surface area (Å²) in [5, 5.41) is 0. The molecule has 2 saturated heterocycles. The van der Waals surface area contributed by atoms with Crippen LogP contribution >= 0.6 is 0 Å². The molecule has 0 saturated carbocycles. The molecule has 0 aromatic heterocycles. The molecule has 2 aliphatic heterocycles. The predicted molar refractivity (Wildman–Crippen MR) is 107 cm³/mol. The molecule has 152 valence electrons. The quantitative estimate of drug-likeness (QED) is 0.694. The molecule has 2 aromatic rings. The molecule has 0 radical (unpaired) electrons. The third kappa shape index (κ3) is 3.54. The molecule has 2 aromatic carbocycles. The molecule has 0 spiro atoms. The maximum Gasteiger partial charge on any atom is 0.191 e. The van der Waals surface area contributed by atoms with E-state index < -0.39 is 17.7 Å². The van der Waals surface area contributed by atoms with Crippen molar-refractivity contribution < 1.29 is 23.7 Å². The highest BCUT2D eigenvalue weighted by molar-refractivity contribution is 5.28. The first-order chi connectivity index (χ1) is 14.1. The highest BCUT2D eigenvalue weighted by atomic mass is 16.8. The van der Waals surface area contributed by atoms with Crippen molar-refractivity contribution >= 4 is 0 Å². The van der Waals surface area contributed by atoms with Crippen LogP contribution in [-0.2, 0) is 36.9 Å². The molecule has 2 fully saturated rings. The minimum Gasteiger partial charge on any atom is -0.367 e. The molecular formula is C24H26O5. The van der Waals surface area contributed by atoms with E-state index in [1.165, 1.54) is 0 Å². The molecule has 5 heteroatoms. The third-order valence-electron chi connectivity index (χ3n) is 5.69. The summed E-state index contributed by atoms with van der Waals surface area (Å²) < 4.78 is 31.2. The van der Waals surface area contributed by atoms with Crippen LogP contribution in [0.4, 0.5) is 0 Å². The average molecular weight is 394 g/mol. The lowest BCUT2D eigenvalue weighted by Gasteiger charge is -2.34. The summed E-state index contributed by atoms with van der Waals surface area (Å²) in [4.78, 5) is 0. The molecule has 3 aliphatic rings. The van der Waals surface area contributed by atoms with Crippen LogP contribution in [0, 0.1) is 0 Å². The van der Waals surface area contributed by atoms with E-state index in [0.29, 0.717) is 13.2 Å². The molecule has 5 atom stereocenters. The highest BCUT2D eigenvalue weighted by Crippen LogP contribution is 2.50. The SMILES string of the molecule is CC1(C)O[C@H]2O[C@@H]3[C@@H](OCc4ccccc4)C=C[C@]3(OCc3ccccc3)[C@H]2O1. The number of fused-ring (bicyclic) bond motifs is 3. The van der Waals surface area contributed by atoms with Gasteiger partial charge < -0.3 is 23.7 Å². The average Bonchev–Trinajstić information content (AvgIpc) is 3.32. The fourth-order valence-electron chi connectivity index (χ4n) is 4.32. The van der Waals surface area contributed by atoms with Crippen LogP contribution in [0.25, 0.3) is 0 Å². The minimum absolute atomic E-state index is 0.230. The summed E-state index contributed by atoms with van der Waals surface area (Å²) >= 11 is 0. The van der Waals surface area contributed by atoms with Crippen LogP contribution in [0.15, 0.2) is 72.8 Å². The van der Waals surface area contributed by atoms with Gasteiger partial charge in [0.15, 0.2) is 12.1 Å². The standard InChI is InChI=1S/C24H26O5/c1-23(2)28-21-22(29-23)27-20-19(25-15-17-9-5-3-6-10-17)13-14-24(20,21)26-16-18-11-7-4-8-12-18/h3-14,19-22H,15-16H2,1-2H3/t19-,20+,21-,22+,24+/m0/s1. The normalized spacial score (nSPS) is 34.3. The maximum atomic E-state index is 6.49. The zero-order valence-electron chi connectivity index (χ0n) is 16.7. The number of ether oxygens (including phenoxy) is 5. The van der Waals surface area contributed by atoms with E-state index in [1.807, 2.05) is 62.4 Å². The summed E-state index contributed by atoms with van der Waals surface area (Å²) in [5.74, 6) is -0.708. The van der Waals surface area contributed by atoms with Crippen molar-refractivity contribution in [2.75, 3.05) is 0 Å². The van der Waals surface area contributed by atoms with E-state index in [-0.39, 0.29) is 18.3 Å². The Balaban J connectivity index is 1.35. The van der Waals surface area contributed by atoms with E-state index in [0.717, 1.165) is 11.1 Å². The van der Waals surface area contributed by atoms with Crippen LogP contribution in [0.2, 0.25) is 0 Å². The first kappa shape index (κ1) is 19.0. The van der Waals surface area contributed by atoms with Gasteiger partial charge in [0.25, 0.3) is 0 Å². The number of benzene rings is 2. The Hall–Kier alpha value is -2.02. The molecule has 5 rings (SSSR count). The lowest BCUT2D eigenvalue weighted by molar-refractivity contribution is -0.239. The van der Waals surface area contributed by atoms with Crippen LogP contribution in [0.5, 0.6) is 0 Å². The summed E-state index contributed by atoms with van der Waals surface area (Å²) in [6.45, 7) is 4.77. The maximum absolute atomic E-state index is 6.49. The molecule has 0 amide bonds. The van der Waals surface area contributed by atoms with Gasteiger partial charge in [-0.1, -0.05) is 66.7 Å². The Morgan fingerprint density at radius 1 is 0.828 bits per heavy atom. The van der Waals surface area contributed by atoms with Gasteiger partial charge in [0.1, 0.15) is 23.9 Å². The van der Waals surface area contributed by atoms with Crippen molar-refractivity contribution in [1.82, 2.24) is 0 Å². The number of hydrogen-bond donors (Lipinski definition) is 0. The van der Waals surface area contributed by atoms with Crippen LogP contribution in [0.1, 0.15) is 25.0 Å². The van der Waals surface area contributed by atoms with Crippen LogP contribution in [0.3, 0.4) is 0 Å². The summed E-state index contributed by atoms with van der Waals surface area (Å²) in [6, 6.07) is 20.2. The Labute approximate surface area is 171 Å². The van der Waals surface area contributed by atoms with Crippen molar-refractivity contribution in [1.29, 1.82) is 0 Å². The minimum atomic E-state index is -0.740. The molecule has 5 nitrogen and oxygen atoms in total. The van der Waals surface area contributed by atoms with E-state index in [4.69, 9.17) is 23.7 Å².